The molecule has 2 aromatic rings. The summed E-state index contributed by atoms with van der Waals surface area (Å²) in [5, 5.41) is 3.70. The topological polar surface area (TPSA) is 42.0 Å². The van der Waals surface area contributed by atoms with Crippen molar-refractivity contribution in [2.24, 2.45) is 0 Å². The molecule has 0 aliphatic carbocycles. The molecule has 0 aliphatic heterocycles. The molecule has 0 saturated carbocycles. The van der Waals surface area contributed by atoms with Crippen LogP contribution in [0.15, 0.2) is 42.7 Å². The number of amides is 1. The number of aryl methyl sites for hydroxylation is 1. The van der Waals surface area contributed by atoms with Crippen LogP contribution in [-0.4, -0.2) is 10.9 Å². The Morgan fingerprint density at radius 2 is 2.05 bits per heavy atom. The van der Waals surface area contributed by atoms with E-state index in [-0.39, 0.29) is 5.91 Å². The largest absolute Gasteiger partial charge is 0.321 e. The van der Waals surface area contributed by atoms with E-state index in [0.717, 1.165) is 11.1 Å². The van der Waals surface area contributed by atoms with Gasteiger partial charge in [-0.25, -0.2) is 0 Å². The van der Waals surface area contributed by atoms with Gasteiger partial charge in [0.15, 0.2) is 0 Å². The molecule has 102 valence electrons. The van der Waals surface area contributed by atoms with E-state index in [1.807, 2.05) is 13.0 Å². The molecule has 1 heterocycles. The second-order valence-corrected chi connectivity index (χ2v) is 5.00. The maximum absolute atomic E-state index is 11.8. The number of nitrogens with one attached hydrogen (secondary N) is 1. The van der Waals surface area contributed by atoms with Crippen LogP contribution in [0.4, 0.5) is 5.69 Å². The quantitative estimate of drug-likeness (QED) is 0.857. The molecule has 0 spiro atoms. The van der Waals surface area contributed by atoms with Crippen LogP contribution in [0.5, 0.6) is 0 Å². The number of halogens is 2. The number of anilines is 1. The van der Waals surface area contributed by atoms with Gasteiger partial charge >= 0.3 is 0 Å². The third-order valence-corrected chi connectivity index (χ3v) is 3.41. The Kier molecular flexibility index (Phi) is 4.77. The Labute approximate surface area is 127 Å². The lowest BCUT2D eigenvalue weighted by molar-refractivity contribution is -0.111. The Morgan fingerprint density at radius 1 is 1.25 bits per heavy atom. The van der Waals surface area contributed by atoms with Gasteiger partial charge in [0, 0.05) is 12.3 Å². The second-order valence-electron chi connectivity index (χ2n) is 4.19. The molecule has 5 heteroatoms. The summed E-state index contributed by atoms with van der Waals surface area (Å²) >= 11 is 11.7. The fourth-order valence-electron chi connectivity index (χ4n) is 1.56. The van der Waals surface area contributed by atoms with Crippen LogP contribution in [0, 0.1) is 6.92 Å². The van der Waals surface area contributed by atoms with Crippen LogP contribution in [0.1, 0.15) is 11.1 Å². The van der Waals surface area contributed by atoms with Gasteiger partial charge in [0.2, 0.25) is 5.91 Å². The molecule has 1 amide bonds. The monoisotopic (exact) mass is 306 g/mol. The maximum atomic E-state index is 11.8. The summed E-state index contributed by atoms with van der Waals surface area (Å²) in [5.74, 6) is -0.229. The van der Waals surface area contributed by atoms with Gasteiger partial charge < -0.3 is 5.32 Å². The minimum Gasteiger partial charge on any atom is -0.321 e. The SMILES string of the molecule is Cc1ccncc1NC(=O)C=Cc1ccc(Cl)c(Cl)c1. The van der Waals surface area contributed by atoms with Gasteiger partial charge in [-0.15, -0.1) is 0 Å². The number of carbonyl (C=O) groups is 1. The highest BCUT2D eigenvalue weighted by atomic mass is 35.5. The molecular formula is C15H12Cl2N2O. The molecule has 1 N–H and O–H groups in total. The van der Waals surface area contributed by atoms with Crippen molar-refractivity contribution in [3.05, 3.63) is 63.9 Å². The molecule has 0 unspecified atom stereocenters. The van der Waals surface area contributed by atoms with Gasteiger partial charge in [-0.1, -0.05) is 29.3 Å². The predicted octanol–water partition coefficient (Wildman–Crippen LogP) is 4.35. The number of aromatic nitrogens is 1. The zero-order chi connectivity index (χ0) is 14.5. The van der Waals surface area contributed by atoms with Crippen molar-refractivity contribution in [2.75, 3.05) is 5.32 Å². The van der Waals surface area contributed by atoms with Gasteiger partial charge in [0.1, 0.15) is 0 Å². The lowest BCUT2D eigenvalue weighted by Crippen LogP contribution is -2.09. The molecule has 20 heavy (non-hydrogen) atoms. The minimum atomic E-state index is -0.229. The Bertz CT molecular complexity index is 669. The fraction of sp³-hybridized carbons (Fsp3) is 0.0667. The molecule has 3 nitrogen and oxygen atoms in total. The summed E-state index contributed by atoms with van der Waals surface area (Å²) in [5.41, 5.74) is 2.45. The molecule has 1 aromatic heterocycles. The van der Waals surface area contributed by atoms with Crippen molar-refractivity contribution < 1.29 is 4.79 Å². The fourth-order valence-corrected chi connectivity index (χ4v) is 1.86. The number of benzene rings is 1. The summed E-state index contributed by atoms with van der Waals surface area (Å²) in [7, 11) is 0. The van der Waals surface area contributed by atoms with Crippen molar-refractivity contribution in [3.8, 4) is 0 Å². The van der Waals surface area contributed by atoms with Crippen LogP contribution >= 0.6 is 23.2 Å². The molecule has 1 aromatic carbocycles. The van der Waals surface area contributed by atoms with Crippen LogP contribution in [0.2, 0.25) is 10.0 Å². The third-order valence-electron chi connectivity index (χ3n) is 2.67. The third kappa shape index (κ3) is 3.83. The van der Waals surface area contributed by atoms with Gasteiger partial charge in [0.25, 0.3) is 0 Å². The first-order valence-electron chi connectivity index (χ1n) is 5.91. The van der Waals surface area contributed by atoms with Crippen LogP contribution < -0.4 is 5.32 Å². The van der Waals surface area contributed by atoms with E-state index in [9.17, 15) is 4.79 Å². The second kappa shape index (κ2) is 6.55. The maximum Gasteiger partial charge on any atom is 0.248 e. The first-order valence-corrected chi connectivity index (χ1v) is 6.66. The van der Waals surface area contributed by atoms with E-state index in [0.29, 0.717) is 15.7 Å². The van der Waals surface area contributed by atoms with Crippen LogP contribution in [0.3, 0.4) is 0 Å². The lowest BCUT2D eigenvalue weighted by atomic mass is 10.2. The summed E-state index contributed by atoms with van der Waals surface area (Å²) in [6.45, 7) is 1.90. The van der Waals surface area contributed by atoms with Crippen molar-refractivity contribution in [1.29, 1.82) is 0 Å². The Balaban J connectivity index is 2.06. The summed E-state index contributed by atoms with van der Waals surface area (Å²) in [4.78, 5) is 15.8. The van der Waals surface area contributed by atoms with Crippen molar-refractivity contribution >= 4 is 40.9 Å². The van der Waals surface area contributed by atoms with Crippen LogP contribution in [-0.2, 0) is 4.79 Å². The van der Waals surface area contributed by atoms with E-state index in [2.05, 4.69) is 10.3 Å². The number of hydrogen-bond acceptors (Lipinski definition) is 2. The molecule has 0 radical (unpaired) electrons. The number of hydrogen-bond donors (Lipinski definition) is 1. The zero-order valence-corrected chi connectivity index (χ0v) is 12.2. The standard InChI is InChI=1S/C15H12Cl2N2O/c1-10-6-7-18-9-14(10)19-15(20)5-3-11-2-4-12(16)13(17)8-11/h2-9H,1H3,(H,19,20). The number of pyridine rings is 1. The highest BCUT2D eigenvalue weighted by Crippen LogP contribution is 2.23. The van der Waals surface area contributed by atoms with E-state index in [4.69, 9.17) is 23.2 Å². The predicted molar refractivity (Wildman–Crippen MR) is 83.1 cm³/mol. The normalized spacial score (nSPS) is 10.8. The van der Waals surface area contributed by atoms with Crippen molar-refractivity contribution in [1.82, 2.24) is 4.98 Å². The van der Waals surface area contributed by atoms with E-state index in [1.165, 1.54) is 6.08 Å². The summed E-state index contributed by atoms with van der Waals surface area (Å²) in [6.07, 6.45) is 6.39. The van der Waals surface area contributed by atoms with Gasteiger partial charge in [0.05, 0.1) is 21.9 Å². The lowest BCUT2D eigenvalue weighted by Gasteiger charge is -2.04. The number of rotatable bonds is 3. The highest BCUT2D eigenvalue weighted by Gasteiger charge is 2.01. The van der Waals surface area contributed by atoms with Crippen LogP contribution in [0.25, 0.3) is 6.08 Å². The van der Waals surface area contributed by atoms with Gasteiger partial charge in [-0.2, -0.15) is 0 Å². The van der Waals surface area contributed by atoms with Crippen molar-refractivity contribution in [3.63, 3.8) is 0 Å². The van der Waals surface area contributed by atoms with Gasteiger partial charge in [-0.05, 0) is 42.3 Å². The van der Waals surface area contributed by atoms with Gasteiger partial charge in [-0.3, -0.25) is 9.78 Å². The smallest absolute Gasteiger partial charge is 0.248 e. The molecular weight excluding hydrogens is 295 g/mol. The number of carbonyl (C=O) groups excluding carboxylic acids is 1. The first-order chi connectivity index (χ1) is 9.56. The molecule has 0 bridgehead atoms. The van der Waals surface area contributed by atoms with E-state index in [1.54, 1.807) is 36.7 Å². The average molecular weight is 307 g/mol. The Hall–Kier alpha value is -1.84. The summed E-state index contributed by atoms with van der Waals surface area (Å²) in [6, 6.07) is 7.00. The first kappa shape index (κ1) is 14.6. The molecule has 2 rings (SSSR count). The number of nitrogens with zero attached hydrogens (tertiary/aromatic N) is 1. The van der Waals surface area contributed by atoms with E-state index < -0.39 is 0 Å². The molecule has 0 atom stereocenters. The summed E-state index contributed by atoms with van der Waals surface area (Å²) < 4.78 is 0. The molecule has 0 aliphatic rings. The zero-order valence-electron chi connectivity index (χ0n) is 10.7. The molecule has 0 fully saturated rings. The molecule has 0 saturated heterocycles. The Morgan fingerprint density at radius 3 is 2.75 bits per heavy atom. The van der Waals surface area contributed by atoms with Crippen molar-refractivity contribution in [2.45, 2.75) is 6.92 Å². The highest BCUT2D eigenvalue weighted by molar-refractivity contribution is 6.42. The minimum absolute atomic E-state index is 0.229. The average Bonchev–Trinajstić information content (AvgIpc) is 2.43. The van der Waals surface area contributed by atoms with E-state index >= 15 is 0 Å².